The van der Waals surface area contributed by atoms with Crippen LogP contribution in [0.25, 0.3) is 0 Å². The van der Waals surface area contributed by atoms with Crippen LogP contribution in [0.15, 0.2) is 59.6 Å². The first-order chi connectivity index (χ1) is 11.5. The standard InChI is InChI=1S/C20H23N3O/c1-14(2)12-15-8-10-17(11-9-15)18-19(21)22-20(24)23(18)13-16-6-4-3-5-7-16/h3-11,14,18H,12-13H2,1-2H3,(H2,21,22,24). The maximum absolute atomic E-state index is 12.2. The van der Waals surface area contributed by atoms with Crippen molar-refractivity contribution >= 4 is 11.9 Å². The smallest absolute Gasteiger partial charge is 0.346 e. The van der Waals surface area contributed by atoms with Gasteiger partial charge in [0.1, 0.15) is 11.9 Å². The van der Waals surface area contributed by atoms with Gasteiger partial charge in [0, 0.05) is 6.54 Å². The summed E-state index contributed by atoms with van der Waals surface area (Å²) in [6.45, 7) is 4.91. The molecule has 2 amide bonds. The van der Waals surface area contributed by atoms with Crippen molar-refractivity contribution in [2.45, 2.75) is 32.9 Å². The first-order valence-corrected chi connectivity index (χ1v) is 8.32. The predicted molar refractivity (Wildman–Crippen MR) is 96.7 cm³/mol. The molecule has 3 rings (SSSR count). The van der Waals surface area contributed by atoms with Crippen LogP contribution >= 0.6 is 0 Å². The fourth-order valence-corrected chi connectivity index (χ4v) is 3.10. The number of rotatable bonds is 5. The van der Waals surface area contributed by atoms with Crippen molar-refractivity contribution in [1.29, 1.82) is 0 Å². The molecule has 1 atom stereocenters. The Hall–Kier alpha value is -2.62. The third kappa shape index (κ3) is 3.48. The summed E-state index contributed by atoms with van der Waals surface area (Å²) in [6.07, 6.45) is 1.04. The maximum atomic E-state index is 12.2. The fraction of sp³-hybridized carbons (Fsp3) is 0.300. The number of amidine groups is 1. The molecule has 0 radical (unpaired) electrons. The van der Waals surface area contributed by atoms with Crippen molar-refractivity contribution in [3.05, 3.63) is 71.3 Å². The van der Waals surface area contributed by atoms with E-state index in [1.54, 1.807) is 4.90 Å². The predicted octanol–water partition coefficient (Wildman–Crippen LogP) is 3.92. The second kappa shape index (κ2) is 6.87. The van der Waals surface area contributed by atoms with E-state index in [2.05, 4.69) is 43.1 Å². The molecule has 2 aromatic rings. The van der Waals surface area contributed by atoms with Crippen LogP contribution in [0.3, 0.4) is 0 Å². The number of nitrogens with two attached hydrogens (primary N) is 1. The average molecular weight is 321 g/mol. The Kier molecular flexibility index (Phi) is 4.65. The van der Waals surface area contributed by atoms with Gasteiger partial charge in [-0.15, -0.1) is 0 Å². The van der Waals surface area contributed by atoms with Gasteiger partial charge in [-0.05, 0) is 29.0 Å². The zero-order valence-corrected chi connectivity index (χ0v) is 14.1. The van der Waals surface area contributed by atoms with Crippen molar-refractivity contribution in [3.8, 4) is 0 Å². The Morgan fingerprint density at radius 1 is 1.04 bits per heavy atom. The van der Waals surface area contributed by atoms with Gasteiger partial charge in [0.15, 0.2) is 0 Å². The van der Waals surface area contributed by atoms with E-state index in [1.807, 2.05) is 30.3 Å². The van der Waals surface area contributed by atoms with E-state index in [1.165, 1.54) is 5.56 Å². The normalized spacial score (nSPS) is 17.5. The molecule has 1 aliphatic rings. The van der Waals surface area contributed by atoms with E-state index in [0.717, 1.165) is 17.5 Å². The highest BCUT2D eigenvalue weighted by Crippen LogP contribution is 2.29. The number of nitrogens with zero attached hydrogens (tertiary/aromatic N) is 2. The minimum atomic E-state index is -0.286. The Balaban J connectivity index is 1.83. The monoisotopic (exact) mass is 321 g/mol. The van der Waals surface area contributed by atoms with Crippen LogP contribution in [0.4, 0.5) is 4.79 Å². The first kappa shape index (κ1) is 16.2. The summed E-state index contributed by atoms with van der Waals surface area (Å²) in [5.74, 6) is 0.984. The van der Waals surface area contributed by atoms with E-state index in [0.29, 0.717) is 18.3 Å². The Labute approximate surface area is 143 Å². The van der Waals surface area contributed by atoms with Crippen LogP contribution in [0, 0.1) is 5.92 Å². The molecule has 0 bridgehead atoms. The molecule has 1 unspecified atom stereocenters. The largest absolute Gasteiger partial charge is 0.385 e. The van der Waals surface area contributed by atoms with E-state index >= 15 is 0 Å². The minimum absolute atomic E-state index is 0.271. The van der Waals surface area contributed by atoms with Gasteiger partial charge in [-0.25, -0.2) is 4.79 Å². The summed E-state index contributed by atoms with van der Waals surface area (Å²) < 4.78 is 0. The molecule has 0 aromatic heterocycles. The van der Waals surface area contributed by atoms with Crippen LogP contribution in [0.2, 0.25) is 0 Å². The molecule has 24 heavy (non-hydrogen) atoms. The Morgan fingerprint density at radius 2 is 1.71 bits per heavy atom. The number of carbonyl (C=O) groups is 1. The number of aliphatic imine (C=N–C) groups is 1. The van der Waals surface area contributed by atoms with Crippen LogP contribution in [-0.2, 0) is 13.0 Å². The van der Waals surface area contributed by atoms with Gasteiger partial charge in [-0.1, -0.05) is 68.4 Å². The zero-order chi connectivity index (χ0) is 17.1. The molecular formula is C20H23N3O. The molecular weight excluding hydrogens is 298 g/mol. The van der Waals surface area contributed by atoms with Gasteiger partial charge in [0.05, 0.1) is 0 Å². The van der Waals surface area contributed by atoms with E-state index in [9.17, 15) is 4.79 Å². The topological polar surface area (TPSA) is 58.7 Å². The lowest BCUT2D eigenvalue weighted by atomic mass is 9.98. The maximum Gasteiger partial charge on any atom is 0.346 e. The third-order valence-corrected chi connectivity index (χ3v) is 4.20. The van der Waals surface area contributed by atoms with Crippen LogP contribution < -0.4 is 5.73 Å². The van der Waals surface area contributed by atoms with Crippen molar-refractivity contribution in [3.63, 3.8) is 0 Å². The SMILES string of the molecule is CC(C)Cc1ccc(C2C(N)=NC(=O)N2Cc2ccccc2)cc1. The molecule has 2 N–H and O–H groups in total. The highest BCUT2D eigenvalue weighted by Gasteiger charge is 2.34. The highest BCUT2D eigenvalue weighted by molar-refractivity contribution is 6.03. The van der Waals surface area contributed by atoms with Crippen LogP contribution in [-0.4, -0.2) is 16.8 Å². The number of hydrogen-bond acceptors (Lipinski definition) is 2. The van der Waals surface area contributed by atoms with Crippen LogP contribution in [0.1, 0.15) is 36.6 Å². The average Bonchev–Trinajstić information content (AvgIpc) is 2.83. The van der Waals surface area contributed by atoms with Crippen molar-refractivity contribution < 1.29 is 4.79 Å². The molecule has 0 spiro atoms. The van der Waals surface area contributed by atoms with E-state index < -0.39 is 0 Å². The molecule has 0 saturated carbocycles. The lowest BCUT2D eigenvalue weighted by Gasteiger charge is -2.25. The highest BCUT2D eigenvalue weighted by atomic mass is 16.2. The lowest BCUT2D eigenvalue weighted by Crippen LogP contribution is -2.32. The lowest BCUT2D eigenvalue weighted by molar-refractivity contribution is 0.204. The summed E-state index contributed by atoms with van der Waals surface area (Å²) in [5.41, 5.74) is 9.42. The molecule has 124 valence electrons. The quantitative estimate of drug-likeness (QED) is 0.907. The summed E-state index contributed by atoms with van der Waals surface area (Å²) in [4.78, 5) is 17.9. The molecule has 2 aromatic carbocycles. The summed E-state index contributed by atoms with van der Waals surface area (Å²) in [7, 11) is 0. The van der Waals surface area contributed by atoms with Crippen molar-refractivity contribution in [1.82, 2.24) is 4.90 Å². The number of amides is 2. The number of urea groups is 1. The Morgan fingerprint density at radius 3 is 2.33 bits per heavy atom. The minimum Gasteiger partial charge on any atom is -0.385 e. The van der Waals surface area contributed by atoms with Crippen LogP contribution in [0.5, 0.6) is 0 Å². The molecule has 1 heterocycles. The molecule has 4 nitrogen and oxygen atoms in total. The molecule has 4 heteroatoms. The van der Waals surface area contributed by atoms with E-state index in [4.69, 9.17) is 5.73 Å². The van der Waals surface area contributed by atoms with Gasteiger partial charge >= 0.3 is 6.03 Å². The fourth-order valence-electron chi connectivity index (χ4n) is 3.10. The Bertz CT molecular complexity index is 735. The third-order valence-electron chi connectivity index (χ3n) is 4.20. The number of carbonyl (C=O) groups excluding carboxylic acids is 1. The van der Waals surface area contributed by atoms with Gasteiger partial charge in [0.25, 0.3) is 0 Å². The van der Waals surface area contributed by atoms with Crippen molar-refractivity contribution in [2.24, 2.45) is 16.6 Å². The second-order valence-corrected chi connectivity index (χ2v) is 6.67. The molecule has 0 aliphatic carbocycles. The van der Waals surface area contributed by atoms with Gasteiger partial charge in [0.2, 0.25) is 0 Å². The number of hydrogen-bond donors (Lipinski definition) is 1. The zero-order valence-electron chi connectivity index (χ0n) is 14.1. The summed E-state index contributed by atoms with van der Waals surface area (Å²) in [6, 6.07) is 17.7. The van der Waals surface area contributed by atoms with Gasteiger partial charge < -0.3 is 10.6 Å². The second-order valence-electron chi connectivity index (χ2n) is 6.67. The number of benzene rings is 2. The van der Waals surface area contributed by atoms with Gasteiger partial charge in [-0.2, -0.15) is 4.99 Å². The summed E-state index contributed by atoms with van der Waals surface area (Å²) >= 11 is 0. The molecule has 0 saturated heterocycles. The summed E-state index contributed by atoms with van der Waals surface area (Å²) in [5, 5.41) is 0. The molecule has 1 aliphatic heterocycles. The van der Waals surface area contributed by atoms with Crippen molar-refractivity contribution in [2.75, 3.05) is 0 Å². The molecule has 0 fully saturated rings. The first-order valence-electron chi connectivity index (χ1n) is 8.32. The van der Waals surface area contributed by atoms with Gasteiger partial charge in [-0.3, -0.25) is 0 Å². The van der Waals surface area contributed by atoms with E-state index in [-0.39, 0.29) is 12.1 Å².